The minimum Gasteiger partial charge on any atom is -0.339 e. The standard InChI is InChI=1S/C53H38N6S/c1-2-3-31-57-43-27-11-7-23-39(43)48-47(57)40-24-8-12-28-44(40)58(48)37-21-15-19-35(32-37)52-54-51(34-17-5-4-6-18-34)55-53(56-52)36-20-16-22-38(33-36)59-45-29-13-9-25-41(45)50-49(59)42-26-10-14-30-46(42)60-50/h4-30,32-33H,2-3,31H2,1H3. The first-order valence-electron chi connectivity index (χ1n) is 20.7. The number of aromatic nitrogens is 6. The second-order valence-electron chi connectivity index (χ2n) is 15.5. The van der Waals surface area contributed by atoms with E-state index in [0.717, 1.165) is 47.5 Å². The molecule has 5 aromatic heterocycles. The average molecular weight is 791 g/mol. The van der Waals surface area contributed by atoms with E-state index in [-0.39, 0.29) is 0 Å². The van der Waals surface area contributed by atoms with Gasteiger partial charge in [-0.1, -0.05) is 141 Å². The summed E-state index contributed by atoms with van der Waals surface area (Å²) < 4.78 is 9.93. The number of benzene rings is 7. The Morgan fingerprint density at radius 3 is 1.60 bits per heavy atom. The Hall–Kier alpha value is -7.35. The van der Waals surface area contributed by atoms with Crippen LogP contribution >= 0.6 is 11.3 Å². The summed E-state index contributed by atoms with van der Waals surface area (Å²) >= 11 is 1.86. The Bertz CT molecular complexity index is 3590. The number of fused-ring (bicyclic) bond motifs is 10. The topological polar surface area (TPSA) is 53.5 Å². The summed E-state index contributed by atoms with van der Waals surface area (Å²) in [7, 11) is 0. The highest BCUT2D eigenvalue weighted by Gasteiger charge is 2.22. The van der Waals surface area contributed by atoms with Gasteiger partial charge in [0.15, 0.2) is 17.5 Å². The Kier molecular flexibility index (Phi) is 8.03. The third-order valence-corrected chi connectivity index (χ3v) is 13.1. The van der Waals surface area contributed by atoms with Crippen molar-refractivity contribution in [3.05, 3.63) is 176 Å². The first kappa shape index (κ1) is 34.7. The molecule has 0 aliphatic rings. The third kappa shape index (κ3) is 5.36. The summed E-state index contributed by atoms with van der Waals surface area (Å²) in [5.41, 5.74) is 12.3. The van der Waals surface area contributed by atoms with Crippen LogP contribution in [0.5, 0.6) is 0 Å². The Labute approximate surface area is 350 Å². The van der Waals surface area contributed by atoms with Crippen molar-refractivity contribution in [3.8, 4) is 45.5 Å². The predicted octanol–water partition coefficient (Wildman–Crippen LogP) is 14.0. The van der Waals surface area contributed by atoms with Crippen molar-refractivity contribution >= 4 is 75.4 Å². The van der Waals surface area contributed by atoms with E-state index in [4.69, 9.17) is 15.0 Å². The van der Waals surface area contributed by atoms with E-state index in [0.29, 0.717) is 17.5 Å². The lowest BCUT2D eigenvalue weighted by Gasteiger charge is -2.13. The Balaban J connectivity index is 1.05. The van der Waals surface area contributed by atoms with Gasteiger partial charge in [0, 0.05) is 60.9 Å². The van der Waals surface area contributed by atoms with Crippen LogP contribution in [0.15, 0.2) is 176 Å². The summed E-state index contributed by atoms with van der Waals surface area (Å²) in [6.07, 6.45) is 2.26. The van der Waals surface area contributed by atoms with Crippen molar-refractivity contribution < 1.29 is 0 Å². The zero-order valence-electron chi connectivity index (χ0n) is 33.0. The number of hydrogen-bond acceptors (Lipinski definition) is 4. The summed E-state index contributed by atoms with van der Waals surface area (Å²) in [6, 6.07) is 62.6. The van der Waals surface area contributed by atoms with Crippen molar-refractivity contribution in [2.45, 2.75) is 26.3 Å². The van der Waals surface area contributed by atoms with E-state index in [1.54, 1.807) is 0 Å². The molecule has 5 heterocycles. The van der Waals surface area contributed by atoms with Crippen molar-refractivity contribution in [2.24, 2.45) is 0 Å². The van der Waals surface area contributed by atoms with Crippen LogP contribution in [0.25, 0.3) is 110 Å². The molecule has 7 heteroatoms. The highest BCUT2D eigenvalue weighted by Crippen LogP contribution is 2.43. The third-order valence-electron chi connectivity index (χ3n) is 11.9. The maximum Gasteiger partial charge on any atom is 0.164 e. The van der Waals surface area contributed by atoms with Gasteiger partial charge in [-0.15, -0.1) is 11.3 Å². The van der Waals surface area contributed by atoms with Crippen LogP contribution in [0, 0.1) is 0 Å². The highest BCUT2D eigenvalue weighted by molar-refractivity contribution is 7.26. The molecule has 0 radical (unpaired) electrons. The first-order chi connectivity index (χ1) is 29.7. The zero-order chi connectivity index (χ0) is 39.7. The fourth-order valence-electron chi connectivity index (χ4n) is 9.19. The molecule has 6 nitrogen and oxygen atoms in total. The normalized spacial score (nSPS) is 11.9. The summed E-state index contributed by atoms with van der Waals surface area (Å²) in [4.78, 5) is 15.6. The van der Waals surface area contributed by atoms with Crippen molar-refractivity contribution in [1.29, 1.82) is 0 Å². The molecule has 0 atom stereocenters. The summed E-state index contributed by atoms with van der Waals surface area (Å²) in [5, 5.41) is 5.02. The smallest absolute Gasteiger partial charge is 0.164 e. The number of thiophene rings is 1. The quantitative estimate of drug-likeness (QED) is 0.154. The van der Waals surface area contributed by atoms with E-state index >= 15 is 0 Å². The van der Waals surface area contributed by atoms with Crippen LogP contribution in [0.1, 0.15) is 19.8 Å². The van der Waals surface area contributed by atoms with Gasteiger partial charge >= 0.3 is 0 Å². The fourth-order valence-corrected chi connectivity index (χ4v) is 10.4. The molecule has 0 N–H and O–H groups in total. The lowest BCUT2D eigenvalue weighted by atomic mass is 10.1. The molecule has 7 aromatic carbocycles. The number of unbranched alkanes of at least 4 members (excludes halogenated alkanes) is 1. The maximum absolute atomic E-state index is 5.28. The van der Waals surface area contributed by atoms with E-state index in [1.807, 2.05) is 29.5 Å². The molecular formula is C53H38N6S. The lowest BCUT2D eigenvalue weighted by Crippen LogP contribution is -2.02. The molecule has 0 fully saturated rings. The molecule has 0 spiro atoms. The molecule has 0 aliphatic carbocycles. The first-order valence-corrected chi connectivity index (χ1v) is 21.5. The average Bonchev–Trinajstić information content (AvgIpc) is 4.04. The predicted molar refractivity (Wildman–Crippen MR) is 251 cm³/mol. The number of aryl methyl sites for hydroxylation is 1. The van der Waals surface area contributed by atoms with Gasteiger partial charge in [-0.3, -0.25) is 0 Å². The van der Waals surface area contributed by atoms with Gasteiger partial charge in [0.1, 0.15) is 0 Å². The highest BCUT2D eigenvalue weighted by atomic mass is 32.1. The van der Waals surface area contributed by atoms with E-state index < -0.39 is 0 Å². The zero-order valence-corrected chi connectivity index (χ0v) is 33.8. The number of hydrogen-bond donors (Lipinski definition) is 0. The molecule has 0 bridgehead atoms. The fraction of sp³-hybridized carbons (Fsp3) is 0.0755. The van der Waals surface area contributed by atoms with Gasteiger partial charge in [-0.2, -0.15) is 0 Å². The number of rotatable bonds is 8. The van der Waals surface area contributed by atoms with Crippen LogP contribution in [0.3, 0.4) is 0 Å². The maximum atomic E-state index is 5.28. The van der Waals surface area contributed by atoms with Crippen molar-refractivity contribution in [3.63, 3.8) is 0 Å². The van der Waals surface area contributed by atoms with Crippen molar-refractivity contribution in [2.75, 3.05) is 0 Å². The number of nitrogens with zero attached hydrogens (tertiary/aromatic N) is 6. The lowest BCUT2D eigenvalue weighted by molar-refractivity contribution is 0.666. The minimum absolute atomic E-state index is 0.627. The van der Waals surface area contributed by atoms with Gasteiger partial charge in [0.2, 0.25) is 0 Å². The summed E-state index contributed by atoms with van der Waals surface area (Å²) in [5.74, 6) is 1.89. The van der Waals surface area contributed by atoms with Gasteiger partial charge in [0.25, 0.3) is 0 Å². The molecule has 12 rings (SSSR count). The SMILES string of the molecule is CCCCn1c2ccccc2c2c1c1ccccc1n2-c1cccc(-c2nc(-c3ccccc3)nc(-c3cccc(-n4c5ccccc5c5sc6ccccc6c54)c3)n2)c1. The van der Waals surface area contributed by atoms with Gasteiger partial charge in [0.05, 0.1) is 37.8 Å². The van der Waals surface area contributed by atoms with E-state index in [1.165, 1.54) is 64.0 Å². The molecule has 0 amide bonds. The van der Waals surface area contributed by atoms with Crippen molar-refractivity contribution in [1.82, 2.24) is 28.7 Å². The largest absolute Gasteiger partial charge is 0.339 e. The van der Waals surface area contributed by atoms with Crippen LogP contribution in [-0.4, -0.2) is 28.7 Å². The molecule has 60 heavy (non-hydrogen) atoms. The number of para-hydroxylation sites is 3. The van der Waals surface area contributed by atoms with Gasteiger partial charge in [-0.25, -0.2) is 15.0 Å². The molecule has 0 unspecified atom stereocenters. The molecule has 286 valence electrons. The second kappa shape index (κ2) is 13.9. The molecule has 0 saturated carbocycles. The van der Waals surface area contributed by atoms with Crippen LogP contribution in [-0.2, 0) is 6.54 Å². The van der Waals surface area contributed by atoms with Crippen LogP contribution in [0.2, 0.25) is 0 Å². The van der Waals surface area contributed by atoms with Crippen LogP contribution in [0.4, 0.5) is 0 Å². The second-order valence-corrected chi connectivity index (χ2v) is 16.5. The van der Waals surface area contributed by atoms with E-state index in [9.17, 15) is 0 Å². The molecule has 0 aliphatic heterocycles. The minimum atomic E-state index is 0.627. The van der Waals surface area contributed by atoms with E-state index in [2.05, 4.69) is 178 Å². The monoisotopic (exact) mass is 790 g/mol. The molecule has 0 saturated heterocycles. The summed E-state index contributed by atoms with van der Waals surface area (Å²) in [6.45, 7) is 3.24. The van der Waals surface area contributed by atoms with Gasteiger partial charge in [-0.05, 0) is 55.0 Å². The van der Waals surface area contributed by atoms with Gasteiger partial charge < -0.3 is 13.7 Å². The van der Waals surface area contributed by atoms with Crippen LogP contribution < -0.4 is 0 Å². The Morgan fingerprint density at radius 1 is 0.433 bits per heavy atom. The molecular weight excluding hydrogens is 753 g/mol. The molecule has 12 aromatic rings. The Morgan fingerprint density at radius 2 is 0.933 bits per heavy atom.